The number of carbonyl (C=O) groups excluding carboxylic acids is 1. The molecule has 1 aliphatic carbocycles. The van der Waals surface area contributed by atoms with Gasteiger partial charge in [0.05, 0.1) is 19.3 Å². The number of amides is 1. The van der Waals surface area contributed by atoms with Gasteiger partial charge in [0.2, 0.25) is 5.91 Å². The molecule has 0 heterocycles. The molecule has 1 saturated carbocycles. The van der Waals surface area contributed by atoms with E-state index in [4.69, 9.17) is 15.2 Å². The lowest BCUT2D eigenvalue weighted by atomic mass is 10.1. The third-order valence-corrected chi connectivity index (χ3v) is 4.90. The summed E-state index contributed by atoms with van der Waals surface area (Å²) in [4.78, 5) is 12.0. The molecule has 1 aromatic carbocycles. The highest BCUT2D eigenvalue weighted by Gasteiger charge is 2.19. The van der Waals surface area contributed by atoms with Gasteiger partial charge in [-0.05, 0) is 61.8 Å². The lowest BCUT2D eigenvalue weighted by molar-refractivity contribution is -0.122. The molecule has 1 amide bonds. The minimum atomic E-state index is -0.454. The van der Waals surface area contributed by atoms with Crippen molar-refractivity contribution in [1.82, 2.24) is 5.32 Å². The van der Waals surface area contributed by atoms with Crippen molar-refractivity contribution < 1.29 is 14.3 Å². The second-order valence-electron chi connectivity index (χ2n) is 6.12. The molecule has 7 heteroatoms. The summed E-state index contributed by atoms with van der Waals surface area (Å²) in [6.45, 7) is 0.441. The fourth-order valence-electron chi connectivity index (χ4n) is 2.81. The number of hydrogen-bond donors (Lipinski definition) is 2. The zero-order chi connectivity index (χ0) is 17.4. The predicted octanol–water partition coefficient (Wildman–Crippen LogP) is 3.14. The molecule has 5 nitrogen and oxygen atoms in total. The molecule has 0 saturated heterocycles. The molecule has 0 aliphatic heterocycles. The van der Waals surface area contributed by atoms with Crippen molar-refractivity contribution >= 4 is 30.1 Å². The van der Waals surface area contributed by atoms with Crippen molar-refractivity contribution in [3.63, 3.8) is 0 Å². The number of nitrogens with two attached hydrogens (primary N) is 1. The normalized spacial score (nSPS) is 15.3. The summed E-state index contributed by atoms with van der Waals surface area (Å²) in [5.74, 6) is 2.26. The second kappa shape index (κ2) is 11.5. The third-order valence-electron chi connectivity index (χ3n) is 4.26. The van der Waals surface area contributed by atoms with E-state index in [0.717, 1.165) is 35.7 Å². The molecule has 2 rings (SSSR count). The van der Waals surface area contributed by atoms with Crippen LogP contribution in [-0.2, 0) is 11.3 Å². The molecule has 25 heavy (non-hydrogen) atoms. The molecule has 3 N–H and O–H groups in total. The van der Waals surface area contributed by atoms with E-state index in [9.17, 15) is 4.79 Å². The molecule has 1 atom stereocenters. The summed E-state index contributed by atoms with van der Waals surface area (Å²) in [6.07, 6.45) is 7.58. The van der Waals surface area contributed by atoms with E-state index in [1.54, 1.807) is 18.9 Å². The second-order valence-corrected chi connectivity index (χ2v) is 7.10. The van der Waals surface area contributed by atoms with E-state index < -0.39 is 6.04 Å². The first-order valence-electron chi connectivity index (χ1n) is 8.50. The Morgan fingerprint density at radius 1 is 1.36 bits per heavy atom. The summed E-state index contributed by atoms with van der Waals surface area (Å²) < 4.78 is 11.5. The molecule has 1 aliphatic rings. The Bertz CT molecular complexity index is 539. The summed E-state index contributed by atoms with van der Waals surface area (Å²) in [5.41, 5.74) is 6.86. The Hall–Kier alpha value is -1.11. The molecule has 0 radical (unpaired) electrons. The number of methoxy groups -OCH3 is 1. The van der Waals surface area contributed by atoms with Crippen molar-refractivity contribution in [3.8, 4) is 11.5 Å². The molecule has 0 bridgehead atoms. The Morgan fingerprint density at radius 3 is 2.72 bits per heavy atom. The number of benzene rings is 1. The van der Waals surface area contributed by atoms with Crippen molar-refractivity contribution in [3.05, 3.63) is 23.8 Å². The van der Waals surface area contributed by atoms with E-state index in [2.05, 4.69) is 5.32 Å². The van der Waals surface area contributed by atoms with E-state index in [0.29, 0.717) is 13.0 Å². The van der Waals surface area contributed by atoms with Crippen molar-refractivity contribution in [2.45, 2.75) is 50.8 Å². The number of rotatable bonds is 9. The van der Waals surface area contributed by atoms with Gasteiger partial charge in [0.25, 0.3) is 0 Å². The van der Waals surface area contributed by atoms with Crippen molar-refractivity contribution in [1.29, 1.82) is 0 Å². The van der Waals surface area contributed by atoms with Gasteiger partial charge in [-0.3, -0.25) is 4.79 Å². The first kappa shape index (κ1) is 21.9. The Kier molecular flexibility index (Phi) is 10.1. The van der Waals surface area contributed by atoms with Crippen LogP contribution < -0.4 is 20.5 Å². The van der Waals surface area contributed by atoms with Crippen LogP contribution in [0.15, 0.2) is 18.2 Å². The van der Waals surface area contributed by atoms with E-state index in [1.807, 2.05) is 24.5 Å². The largest absolute Gasteiger partial charge is 0.493 e. The van der Waals surface area contributed by atoms with Crippen LogP contribution in [0.4, 0.5) is 0 Å². The number of hydrogen-bond acceptors (Lipinski definition) is 5. The maximum Gasteiger partial charge on any atom is 0.237 e. The molecule has 1 aromatic rings. The number of thioether (sulfide) groups is 1. The summed E-state index contributed by atoms with van der Waals surface area (Å²) in [5, 5.41) is 2.90. The molecule has 0 aromatic heterocycles. The van der Waals surface area contributed by atoms with Crippen LogP contribution in [0.5, 0.6) is 11.5 Å². The van der Waals surface area contributed by atoms with Crippen LogP contribution in [0.3, 0.4) is 0 Å². The van der Waals surface area contributed by atoms with Crippen LogP contribution in [-0.4, -0.2) is 37.2 Å². The van der Waals surface area contributed by atoms with E-state index in [1.165, 1.54) is 12.8 Å². The minimum Gasteiger partial charge on any atom is -0.493 e. The smallest absolute Gasteiger partial charge is 0.237 e. The highest BCUT2D eigenvalue weighted by atomic mass is 35.5. The summed E-state index contributed by atoms with van der Waals surface area (Å²) in [6, 6.07) is 5.32. The van der Waals surface area contributed by atoms with Gasteiger partial charge in [-0.25, -0.2) is 0 Å². The van der Waals surface area contributed by atoms with Gasteiger partial charge in [0.1, 0.15) is 0 Å². The van der Waals surface area contributed by atoms with Gasteiger partial charge in [-0.2, -0.15) is 11.8 Å². The minimum absolute atomic E-state index is 0. The Morgan fingerprint density at radius 2 is 2.08 bits per heavy atom. The van der Waals surface area contributed by atoms with Crippen LogP contribution in [0, 0.1) is 0 Å². The molecule has 142 valence electrons. The SMILES string of the molecule is COc1ccc(CNC(=O)[C@@H](N)CCSC)cc1OC1CCCC1.Cl. The monoisotopic (exact) mass is 388 g/mol. The quantitative estimate of drug-likeness (QED) is 0.679. The van der Waals surface area contributed by atoms with Crippen molar-refractivity contribution in [2.75, 3.05) is 19.1 Å². The van der Waals surface area contributed by atoms with Crippen LogP contribution in [0.1, 0.15) is 37.7 Å². The lowest BCUT2D eigenvalue weighted by Crippen LogP contribution is -2.40. The van der Waals surface area contributed by atoms with Gasteiger partial charge in [0.15, 0.2) is 11.5 Å². The average Bonchev–Trinajstić information content (AvgIpc) is 3.10. The molecular formula is C18H29ClN2O3S. The lowest BCUT2D eigenvalue weighted by Gasteiger charge is -2.17. The Balaban J connectivity index is 0.00000312. The standard InChI is InChI=1S/C18H28N2O3S.ClH/c1-22-16-8-7-13(11-17(16)23-14-5-3-4-6-14)12-20-18(21)15(19)9-10-24-2;/h7-8,11,14-15H,3-6,9-10,12,19H2,1-2H3,(H,20,21);1H/t15-;/m0./s1. The molecular weight excluding hydrogens is 360 g/mol. The summed E-state index contributed by atoms with van der Waals surface area (Å²) in [7, 11) is 1.64. The predicted molar refractivity (Wildman–Crippen MR) is 106 cm³/mol. The van der Waals surface area contributed by atoms with Crippen molar-refractivity contribution in [2.24, 2.45) is 5.73 Å². The fourth-order valence-corrected chi connectivity index (χ4v) is 3.29. The van der Waals surface area contributed by atoms with E-state index >= 15 is 0 Å². The van der Waals surface area contributed by atoms with Gasteiger partial charge >= 0.3 is 0 Å². The summed E-state index contributed by atoms with van der Waals surface area (Å²) >= 11 is 1.69. The van der Waals surface area contributed by atoms with Crippen LogP contribution in [0.2, 0.25) is 0 Å². The number of ether oxygens (including phenoxy) is 2. The topological polar surface area (TPSA) is 73.6 Å². The highest BCUT2D eigenvalue weighted by molar-refractivity contribution is 7.98. The first-order valence-corrected chi connectivity index (χ1v) is 9.89. The maximum atomic E-state index is 12.0. The average molecular weight is 389 g/mol. The fraction of sp³-hybridized carbons (Fsp3) is 0.611. The van der Waals surface area contributed by atoms with E-state index in [-0.39, 0.29) is 24.4 Å². The third kappa shape index (κ3) is 6.96. The number of carbonyl (C=O) groups is 1. The Labute approximate surface area is 160 Å². The zero-order valence-electron chi connectivity index (χ0n) is 15.0. The van der Waals surface area contributed by atoms with Crippen LogP contribution >= 0.6 is 24.2 Å². The maximum absolute atomic E-state index is 12.0. The molecule has 1 fully saturated rings. The number of halogens is 1. The molecule has 0 unspecified atom stereocenters. The zero-order valence-corrected chi connectivity index (χ0v) is 16.6. The number of nitrogens with one attached hydrogen (secondary N) is 1. The van der Waals surface area contributed by atoms with Gasteiger partial charge < -0.3 is 20.5 Å². The van der Waals surface area contributed by atoms with Gasteiger partial charge in [0, 0.05) is 6.54 Å². The van der Waals surface area contributed by atoms with Gasteiger partial charge in [-0.1, -0.05) is 6.07 Å². The highest BCUT2D eigenvalue weighted by Crippen LogP contribution is 2.32. The van der Waals surface area contributed by atoms with Crippen LogP contribution in [0.25, 0.3) is 0 Å². The molecule has 0 spiro atoms. The first-order chi connectivity index (χ1) is 11.6. The van der Waals surface area contributed by atoms with Gasteiger partial charge in [-0.15, -0.1) is 12.4 Å².